The molecule has 1 amide bonds. The first-order valence-corrected chi connectivity index (χ1v) is 6.67. The lowest BCUT2D eigenvalue weighted by Crippen LogP contribution is -2.35. The second-order valence-electron chi connectivity index (χ2n) is 5.17. The molecule has 1 aromatic rings. The van der Waals surface area contributed by atoms with E-state index in [-0.39, 0.29) is 23.0 Å². The first-order valence-electron chi connectivity index (χ1n) is 6.29. The van der Waals surface area contributed by atoms with Gasteiger partial charge in [0.25, 0.3) is 5.91 Å². The Balaban J connectivity index is 2.11. The average molecular weight is 286 g/mol. The Morgan fingerprint density at radius 1 is 1.58 bits per heavy atom. The molecule has 0 bridgehead atoms. The molecule has 0 aliphatic heterocycles. The average Bonchev–Trinajstić information content (AvgIpc) is 3.16. The summed E-state index contributed by atoms with van der Waals surface area (Å²) in [5.41, 5.74) is 0.648. The lowest BCUT2D eigenvalue weighted by atomic mass is 10.1. The van der Waals surface area contributed by atoms with Gasteiger partial charge in [-0.15, -0.1) is 0 Å². The highest BCUT2D eigenvalue weighted by atomic mass is 35.5. The number of likely N-dealkylation sites (N-methyl/N-ethyl adjacent to an activating group) is 1. The molecule has 0 aromatic heterocycles. The second-order valence-corrected chi connectivity index (χ2v) is 5.58. The summed E-state index contributed by atoms with van der Waals surface area (Å²) in [6.45, 7) is 1.86. The molecule has 104 valence electrons. The Morgan fingerprint density at radius 2 is 2.21 bits per heavy atom. The SMILES string of the molecule is Cc1cc(C(=O)N(C)CC(O)C2CC2)c(Cl)cc1F. The highest BCUT2D eigenvalue weighted by Crippen LogP contribution is 2.33. The van der Waals surface area contributed by atoms with Gasteiger partial charge in [0.1, 0.15) is 5.82 Å². The van der Waals surface area contributed by atoms with E-state index in [0.29, 0.717) is 11.5 Å². The minimum absolute atomic E-state index is 0.0980. The number of carbonyl (C=O) groups excluding carboxylic acids is 1. The number of hydrogen-bond acceptors (Lipinski definition) is 2. The Kier molecular flexibility index (Phi) is 4.11. The van der Waals surface area contributed by atoms with E-state index >= 15 is 0 Å². The van der Waals surface area contributed by atoms with Crippen LogP contribution >= 0.6 is 11.6 Å². The molecule has 0 radical (unpaired) electrons. The van der Waals surface area contributed by atoms with Crippen LogP contribution in [0.4, 0.5) is 4.39 Å². The van der Waals surface area contributed by atoms with E-state index in [2.05, 4.69) is 0 Å². The standard InChI is InChI=1S/C14H17ClFNO2/c1-8-5-10(11(15)6-12(8)16)14(19)17(2)7-13(18)9-3-4-9/h5-6,9,13,18H,3-4,7H2,1-2H3. The first-order chi connectivity index (χ1) is 8.90. The summed E-state index contributed by atoms with van der Waals surface area (Å²) in [5, 5.41) is 9.93. The second kappa shape index (κ2) is 5.47. The Morgan fingerprint density at radius 3 is 2.79 bits per heavy atom. The molecule has 1 N–H and O–H groups in total. The van der Waals surface area contributed by atoms with Crippen LogP contribution < -0.4 is 0 Å². The predicted octanol–water partition coefficient (Wildman–Crippen LogP) is 2.63. The number of amides is 1. The third-order valence-electron chi connectivity index (χ3n) is 3.45. The molecule has 1 fully saturated rings. The van der Waals surface area contributed by atoms with Crippen molar-refractivity contribution >= 4 is 17.5 Å². The summed E-state index contributed by atoms with van der Waals surface area (Å²) in [4.78, 5) is 13.6. The largest absolute Gasteiger partial charge is 0.391 e. The molecule has 1 saturated carbocycles. The quantitative estimate of drug-likeness (QED) is 0.924. The van der Waals surface area contributed by atoms with Crippen LogP contribution in [0.15, 0.2) is 12.1 Å². The van der Waals surface area contributed by atoms with Gasteiger partial charge in [0.15, 0.2) is 0 Å². The van der Waals surface area contributed by atoms with Crippen LogP contribution in [0.1, 0.15) is 28.8 Å². The molecule has 19 heavy (non-hydrogen) atoms. The molecule has 1 aliphatic rings. The molecule has 1 unspecified atom stereocenters. The zero-order chi connectivity index (χ0) is 14.2. The van der Waals surface area contributed by atoms with Crippen molar-refractivity contribution in [3.05, 3.63) is 34.1 Å². The molecule has 5 heteroatoms. The Hall–Kier alpha value is -1.13. The van der Waals surface area contributed by atoms with Gasteiger partial charge in [-0.3, -0.25) is 4.79 Å². The van der Waals surface area contributed by atoms with Gasteiger partial charge in [-0.05, 0) is 43.4 Å². The topological polar surface area (TPSA) is 40.5 Å². The molecule has 0 spiro atoms. The van der Waals surface area contributed by atoms with Crippen molar-refractivity contribution in [2.24, 2.45) is 5.92 Å². The summed E-state index contributed by atoms with van der Waals surface area (Å²) < 4.78 is 13.3. The summed E-state index contributed by atoms with van der Waals surface area (Å²) in [6.07, 6.45) is 1.54. The molecule has 0 heterocycles. The number of carbonyl (C=O) groups is 1. The maximum Gasteiger partial charge on any atom is 0.255 e. The van der Waals surface area contributed by atoms with Crippen LogP contribution in [0.2, 0.25) is 5.02 Å². The number of benzene rings is 1. The van der Waals surface area contributed by atoms with Gasteiger partial charge in [-0.25, -0.2) is 4.39 Å². The van der Waals surface area contributed by atoms with Crippen LogP contribution in [-0.2, 0) is 0 Å². The fraction of sp³-hybridized carbons (Fsp3) is 0.500. The Labute approximate surface area is 117 Å². The Bertz CT molecular complexity index is 502. The number of aryl methyl sites for hydroxylation is 1. The molecular formula is C14H17ClFNO2. The van der Waals surface area contributed by atoms with E-state index in [9.17, 15) is 14.3 Å². The van der Waals surface area contributed by atoms with Gasteiger partial charge in [-0.1, -0.05) is 11.6 Å². The minimum Gasteiger partial charge on any atom is -0.391 e. The number of halogens is 2. The number of rotatable bonds is 4. The van der Waals surface area contributed by atoms with Gasteiger partial charge >= 0.3 is 0 Å². The van der Waals surface area contributed by atoms with Gasteiger partial charge < -0.3 is 10.0 Å². The molecule has 3 nitrogen and oxygen atoms in total. The number of aliphatic hydroxyl groups excluding tert-OH is 1. The van der Waals surface area contributed by atoms with E-state index in [1.54, 1.807) is 14.0 Å². The first kappa shape index (κ1) is 14.3. The van der Waals surface area contributed by atoms with Gasteiger partial charge in [0, 0.05) is 13.6 Å². The van der Waals surface area contributed by atoms with E-state index in [1.165, 1.54) is 11.0 Å². The third-order valence-corrected chi connectivity index (χ3v) is 3.77. The van der Waals surface area contributed by atoms with Crippen molar-refractivity contribution in [2.75, 3.05) is 13.6 Å². The number of aliphatic hydroxyl groups is 1. The van der Waals surface area contributed by atoms with Crippen molar-refractivity contribution in [3.8, 4) is 0 Å². The molecular weight excluding hydrogens is 269 g/mol. The summed E-state index contributed by atoms with van der Waals surface area (Å²) >= 11 is 5.90. The van der Waals surface area contributed by atoms with Crippen LogP contribution in [0.25, 0.3) is 0 Å². The van der Waals surface area contributed by atoms with Crippen molar-refractivity contribution < 1.29 is 14.3 Å². The maximum atomic E-state index is 13.3. The van der Waals surface area contributed by atoms with E-state index < -0.39 is 11.9 Å². The van der Waals surface area contributed by atoms with Crippen LogP contribution in [0, 0.1) is 18.7 Å². The lowest BCUT2D eigenvalue weighted by molar-refractivity contribution is 0.0645. The summed E-state index contributed by atoms with van der Waals surface area (Å²) in [6, 6.07) is 2.59. The summed E-state index contributed by atoms with van der Waals surface area (Å²) in [7, 11) is 1.61. The third kappa shape index (κ3) is 3.25. The van der Waals surface area contributed by atoms with Crippen molar-refractivity contribution in [3.63, 3.8) is 0 Å². The molecule has 1 aliphatic carbocycles. The van der Waals surface area contributed by atoms with Crippen LogP contribution in [0.3, 0.4) is 0 Å². The molecule has 2 rings (SSSR count). The molecule has 1 aromatic carbocycles. The maximum absolute atomic E-state index is 13.3. The summed E-state index contributed by atoms with van der Waals surface area (Å²) in [5.74, 6) is -0.421. The molecule has 1 atom stereocenters. The van der Waals surface area contributed by atoms with E-state index in [0.717, 1.165) is 18.9 Å². The smallest absolute Gasteiger partial charge is 0.255 e. The fourth-order valence-electron chi connectivity index (χ4n) is 2.02. The predicted molar refractivity (Wildman–Crippen MR) is 71.8 cm³/mol. The van der Waals surface area contributed by atoms with Gasteiger partial charge in [-0.2, -0.15) is 0 Å². The van der Waals surface area contributed by atoms with Crippen LogP contribution in [-0.4, -0.2) is 35.6 Å². The van der Waals surface area contributed by atoms with Crippen molar-refractivity contribution in [2.45, 2.75) is 25.9 Å². The minimum atomic E-state index is -0.491. The van der Waals surface area contributed by atoms with E-state index in [4.69, 9.17) is 11.6 Å². The number of hydrogen-bond donors (Lipinski definition) is 1. The molecule has 0 saturated heterocycles. The van der Waals surface area contributed by atoms with E-state index in [1.807, 2.05) is 0 Å². The van der Waals surface area contributed by atoms with Crippen molar-refractivity contribution in [1.29, 1.82) is 0 Å². The fourth-order valence-corrected chi connectivity index (χ4v) is 2.25. The van der Waals surface area contributed by atoms with Crippen LogP contribution in [0.5, 0.6) is 0 Å². The number of nitrogens with zero attached hydrogens (tertiary/aromatic N) is 1. The van der Waals surface area contributed by atoms with Gasteiger partial charge in [0.05, 0.1) is 16.7 Å². The van der Waals surface area contributed by atoms with Gasteiger partial charge in [0.2, 0.25) is 0 Å². The zero-order valence-corrected chi connectivity index (χ0v) is 11.7. The highest BCUT2D eigenvalue weighted by Gasteiger charge is 2.31. The lowest BCUT2D eigenvalue weighted by Gasteiger charge is -2.21. The monoisotopic (exact) mass is 285 g/mol. The normalized spacial score (nSPS) is 16.3. The van der Waals surface area contributed by atoms with Crippen molar-refractivity contribution in [1.82, 2.24) is 4.90 Å². The highest BCUT2D eigenvalue weighted by molar-refractivity contribution is 6.33. The zero-order valence-electron chi connectivity index (χ0n) is 11.0.